The van der Waals surface area contributed by atoms with Gasteiger partial charge in [0.2, 0.25) is 0 Å². The van der Waals surface area contributed by atoms with Crippen molar-refractivity contribution in [1.82, 2.24) is 15.0 Å². The fourth-order valence-electron chi connectivity index (χ4n) is 8.76. The molecule has 8 aromatic carbocycles. The van der Waals surface area contributed by atoms with Gasteiger partial charge in [-0.25, -0.2) is 15.0 Å². The van der Waals surface area contributed by atoms with Gasteiger partial charge in [0.1, 0.15) is 11.5 Å². The van der Waals surface area contributed by atoms with E-state index in [-0.39, 0.29) is 0 Å². The predicted octanol–water partition coefficient (Wildman–Crippen LogP) is 12.5. The third kappa shape index (κ3) is 5.27. The summed E-state index contributed by atoms with van der Waals surface area (Å²) < 4.78 is 7.02. The lowest BCUT2D eigenvalue weighted by molar-refractivity contribution is 0.437. The Bertz CT molecular complexity index is 3030. The third-order valence-electron chi connectivity index (χ3n) is 11.5. The van der Waals surface area contributed by atoms with E-state index in [0.29, 0.717) is 23.0 Å². The first-order chi connectivity index (χ1) is 28.7. The number of nitriles is 1. The first-order valence-corrected chi connectivity index (χ1v) is 19.3. The summed E-state index contributed by atoms with van der Waals surface area (Å²) in [4.78, 5) is 15.2. The van der Waals surface area contributed by atoms with E-state index in [4.69, 9.17) is 19.7 Å². The molecule has 2 heterocycles. The number of hydrogen-bond acceptors (Lipinski definition) is 5. The molecular weight excluding hydrogens is 709 g/mol. The quantitative estimate of drug-likeness (QED) is 0.176. The number of hydrogen-bond donors (Lipinski definition) is 0. The Morgan fingerprint density at radius 2 is 0.759 bits per heavy atom. The van der Waals surface area contributed by atoms with E-state index in [1.54, 1.807) is 0 Å². The molecule has 0 atom stereocenters. The van der Waals surface area contributed by atoms with E-state index < -0.39 is 5.41 Å². The van der Waals surface area contributed by atoms with Crippen LogP contribution in [-0.4, -0.2) is 15.0 Å². The highest BCUT2D eigenvalue weighted by Crippen LogP contribution is 2.62. The van der Waals surface area contributed by atoms with Gasteiger partial charge in [-0.2, -0.15) is 5.26 Å². The van der Waals surface area contributed by atoms with Crippen molar-refractivity contribution in [3.05, 3.63) is 222 Å². The van der Waals surface area contributed by atoms with Gasteiger partial charge in [0, 0.05) is 27.8 Å². The number of fused-ring (bicyclic) bond motifs is 9. The zero-order valence-corrected chi connectivity index (χ0v) is 31.2. The van der Waals surface area contributed by atoms with Gasteiger partial charge >= 0.3 is 0 Å². The van der Waals surface area contributed by atoms with Crippen molar-refractivity contribution in [2.75, 3.05) is 0 Å². The Labute approximate surface area is 336 Å². The minimum atomic E-state index is -0.627. The number of rotatable bonds is 5. The number of ether oxygens (including phenoxy) is 1. The average Bonchev–Trinajstić information content (AvgIpc) is 3.59. The molecule has 5 nitrogen and oxygen atoms in total. The highest BCUT2D eigenvalue weighted by atomic mass is 16.5. The molecule has 9 aromatic rings. The van der Waals surface area contributed by atoms with Crippen LogP contribution in [-0.2, 0) is 5.41 Å². The summed E-state index contributed by atoms with van der Waals surface area (Å²) in [6.45, 7) is 0. The summed E-state index contributed by atoms with van der Waals surface area (Å²) in [5.74, 6) is 3.26. The SMILES string of the molecule is N#Cc1ccc(-c2ccc3c(c2)Oc2cc(-c4nc(-c5ccccc5)nc(-c5ccc(-c6ccccc6)cc5)n4)ccc2C32c3ccccc3-c3ccccc32)cc1. The van der Waals surface area contributed by atoms with Gasteiger partial charge in [-0.1, -0.05) is 170 Å². The van der Waals surface area contributed by atoms with Crippen LogP contribution in [0, 0.1) is 11.3 Å². The van der Waals surface area contributed by atoms with Crippen LogP contribution in [0.4, 0.5) is 0 Å². The van der Waals surface area contributed by atoms with Crippen molar-refractivity contribution < 1.29 is 4.74 Å². The second kappa shape index (κ2) is 13.4. The largest absolute Gasteiger partial charge is 0.457 e. The molecule has 0 amide bonds. The molecule has 1 aliphatic heterocycles. The van der Waals surface area contributed by atoms with Crippen LogP contribution in [0.1, 0.15) is 27.8 Å². The van der Waals surface area contributed by atoms with Crippen molar-refractivity contribution in [2.45, 2.75) is 5.41 Å². The predicted molar refractivity (Wildman–Crippen MR) is 229 cm³/mol. The summed E-state index contributed by atoms with van der Waals surface area (Å²) >= 11 is 0. The van der Waals surface area contributed by atoms with Crippen LogP contribution in [0.15, 0.2) is 194 Å². The zero-order chi connectivity index (χ0) is 38.6. The van der Waals surface area contributed by atoms with Gasteiger partial charge < -0.3 is 4.74 Å². The summed E-state index contributed by atoms with van der Waals surface area (Å²) in [6.07, 6.45) is 0. The summed E-state index contributed by atoms with van der Waals surface area (Å²) in [5, 5.41) is 9.45. The number of aromatic nitrogens is 3. The number of benzene rings is 8. The average molecular weight is 741 g/mol. The molecule has 1 aliphatic carbocycles. The van der Waals surface area contributed by atoms with Gasteiger partial charge in [0.05, 0.1) is 17.0 Å². The first kappa shape index (κ1) is 33.4. The maximum atomic E-state index is 9.45. The smallest absolute Gasteiger partial charge is 0.164 e. The molecule has 1 spiro atoms. The molecular formula is C53H32N4O. The maximum absolute atomic E-state index is 9.45. The third-order valence-corrected chi connectivity index (χ3v) is 11.5. The van der Waals surface area contributed by atoms with Crippen LogP contribution in [0.25, 0.3) is 67.5 Å². The van der Waals surface area contributed by atoms with Gasteiger partial charge in [0.15, 0.2) is 17.5 Å². The fraction of sp³-hybridized carbons (Fsp3) is 0.0189. The Kier molecular flexibility index (Phi) is 7.70. The molecule has 0 saturated carbocycles. The lowest BCUT2D eigenvalue weighted by atomic mass is 9.66. The molecule has 2 aliphatic rings. The zero-order valence-electron chi connectivity index (χ0n) is 31.2. The second-order valence-corrected chi connectivity index (χ2v) is 14.7. The van der Waals surface area contributed by atoms with Gasteiger partial charge in [0.25, 0.3) is 0 Å². The van der Waals surface area contributed by atoms with Crippen LogP contribution >= 0.6 is 0 Å². The van der Waals surface area contributed by atoms with E-state index >= 15 is 0 Å². The molecule has 0 saturated heterocycles. The topological polar surface area (TPSA) is 71.7 Å². The lowest BCUT2D eigenvalue weighted by Crippen LogP contribution is -2.32. The van der Waals surface area contributed by atoms with Gasteiger partial charge in [-0.3, -0.25) is 0 Å². The molecule has 0 bridgehead atoms. The van der Waals surface area contributed by atoms with E-state index in [1.165, 1.54) is 22.3 Å². The highest BCUT2D eigenvalue weighted by molar-refractivity contribution is 5.89. The van der Waals surface area contributed by atoms with Crippen molar-refractivity contribution in [1.29, 1.82) is 5.26 Å². The van der Waals surface area contributed by atoms with Crippen LogP contribution in [0.2, 0.25) is 0 Å². The van der Waals surface area contributed by atoms with Crippen LogP contribution < -0.4 is 4.74 Å². The molecule has 58 heavy (non-hydrogen) atoms. The van der Waals surface area contributed by atoms with Crippen molar-refractivity contribution in [3.8, 4) is 85.1 Å². The Morgan fingerprint density at radius 3 is 1.34 bits per heavy atom. The van der Waals surface area contributed by atoms with E-state index in [2.05, 4.69) is 140 Å². The Balaban J connectivity index is 1.10. The molecule has 0 radical (unpaired) electrons. The molecule has 5 heteroatoms. The van der Waals surface area contributed by atoms with Crippen molar-refractivity contribution in [3.63, 3.8) is 0 Å². The molecule has 270 valence electrons. The van der Waals surface area contributed by atoms with E-state index in [0.717, 1.165) is 61.6 Å². The molecule has 0 fully saturated rings. The van der Waals surface area contributed by atoms with E-state index in [9.17, 15) is 5.26 Å². The van der Waals surface area contributed by atoms with Crippen LogP contribution in [0.3, 0.4) is 0 Å². The molecule has 1 aromatic heterocycles. The standard InChI is InChI=1S/C53H32N4O/c54-33-34-19-21-37(22-20-34)40-27-29-46-48(31-40)58-49-32-41(28-30-47(49)53(46)44-17-9-7-15-42(44)43-16-8-10-18-45(43)53)52-56-50(38-13-5-2-6-14-38)55-51(57-52)39-25-23-36(24-26-39)35-11-3-1-4-12-35/h1-32H. The molecule has 0 N–H and O–H groups in total. The minimum absolute atomic E-state index is 0.556. The molecule has 11 rings (SSSR count). The highest BCUT2D eigenvalue weighted by Gasteiger charge is 2.51. The summed E-state index contributed by atoms with van der Waals surface area (Å²) in [5.41, 5.74) is 13.9. The normalized spacial score (nSPS) is 12.7. The second-order valence-electron chi connectivity index (χ2n) is 14.7. The first-order valence-electron chi connectivity index (χ1n) is 19.3. The minimum Gasteiger partial charge on any atom is -0.457 e. The lowest BCUT2D eigenvalue weighted by Gasteiger charge is -2.39. The Morgan fingerprint density at radius 1 is 0.362 bits per heavy atom. The van der Waals surface area contributed by atoms with Crippen LogP contribution in [0.5, 0.6) is 11.5 Å². The van der Waals surface area contributed by atoms with Gasteiger partial charge in [-0.05, 0) is 68.8 Å². The summed E-state index contributed by atoms with van der Waals surface area (Å²) in [6, 6.07) is 69.1. The van der Waals surface area contributed by atoms with Crippen molar-refractivity contribution >= 4 is 0 Å². The molecule has 0 unspecified atom stereocenters. The van der Waals surface area contributed by atoms with E-state index in [1.807, 2.05) is 60.7 Å². The van der Waals surface area contributed by atoms with Gasteiger partial charge in [-0.15, -0.1) is 0 Å². The Hall–Kier alpha value is -7.94. The van der Waals surface area contributed by atoms with Crippen molar-refractivity contribution in [2.24, 2.45) is 0 Å². The fourth-order valence-corrected chi connectivity index (χ4v) is 8.76. The summed E-state index contributed by atoms with van der Waals surface area (Å²) in [7, 11) is 0. The maximum Gasteiger partial charge on any atom is 0.164 e. The number of nitrogens with zero attached hydrogens (tertiary/aromatic N) is 4. The monoisotopic (exact) mass is 740 g/mol.